The number of sulfonamides is 1. The summed E-state index contributed by atoms with van der Waals surface area (Å²) in [6.45, 7) is 0.346. The Morgan fingerprint density at radius 1 is 1.09 bits per heavy atom. The second-order valence-electron chi connectivity index (χ2n) is 7.46. The van der Waals surface area contributed by atoms with Crippen LogP contribution in [0, 0.1) is 11.3 Å². The van der Waals surface area contributed by atoms with E-state index in [1.165, 1.54) is 12.1 Å². The monoisotopic (exact) mass is 501 g/mol. The lowest BCUT2D eigenvalue weighted by Gasteiger charge is -2.19. The van der Waals surface area contributed by atoms with E-state index in [1.54, 1.807) is 53.4 Å². The van der Waals surface area contributed by atoms with Gasteiger partial charge in [0, 0.05) is 35.2 Å². The summed E-state index contributed by atoms with van der Waals surface area (Å²) >= 11 is 12.5. The zero-order chi connectivity index (χ0) is 23.8. The lowest BCUT2D eigenvalue weighted by Crippen LogP contribution is -2.24. The quantitative estimate of drug-likeness (QED) is 0.537. The molecule has 0 radical (unpaired) electrons. The zero-order valence-electron chi connectivity index (χ0n) is 17.0. The van der Waals surface area contributed by atoms with Gasteiger partial charge in [-0.3, -0.25) is 4.79 Å². The Balaban J connectivity index is 1.65. The first-order valence-corrected chi connectivity index (χ1v) is 12.1. The van der Waals surface area contributed by atoms with Crippen molar-refractivity contribution in [2.45, 2.75) is 17.2 Å². The average molecular weight is 502 g/mol. The van der Waals surface area contributed by atoms with Crippen molar-refractivity contribution in [2.24, 2.45) is 5.14 Å². The molecular weight excluding hydrogens is 485 g/mol. The number of nitriles is 1. The highest BCUT2D eigenvalue weighted by Crippen LogP contribution is 2.41. The molecule has 0 bridgehead atoms. The van der Waals surface area contributed by atoms with Crippen molar-refractivity contribution in [3.8, 4) is 17.6 Å². The number of hydrogen-bond acceptors (Lipinski definition) is 5. The number of anilines is 1. The molecular formula is C23H17Cl2N3O4S. The molecule has 0 aromatic heterocycles. The SMILES string of the molecule is N#Cc1cccc(Cl)c1Oc1cc(Cl)ccc1[C@H]1CC(=O)N(c2ccc(S(N)(=O)=O)cc2)C1. The average Bonchev–Trinajstić information content (AvgIpc) is 3.16. The van der Waals surface area contributed by atoms with Crippen molar-refractivity contribution in [2.75, 3.05) is 11.4 Å². The van der Waals surface area contributed by atoms with E-state index >= 15 is 0 Å². The molecule has 1 fully saturated rings. The molecule has 0 unspecified atom stereocenters. The molecule has 2 N–H and O–H groups in total. The maximum absolute atomic E-state index is 12.8. The van der Waals surface area contributed by atoms with Gasteiger partial charge in [0.05, 0.1) is 15.5 Å². The van der Waals surface area contributed by atoms with Crippen LogP contribution < -0.4 is 14.8 Å². The van der Waals surface area contributed by atoms with Crippen LogP contribution in [0.3, 0.4) is 0 Å². The van der Waals surface area contributed by atoms with Gasteiger partial charge >= 0.3 is 0 Å². The van der Waals surface area contributed by atoms with Crippen LogP contribution in [0.2, 0.25) is 10.0 Å². The Kier molecular flexibility index (Phi) is 6.32. The third kappa shape index (κ3) is 4.82. The maximum atomic E-state index is 12.8. The van der Waals surface area contributed by atoms with Crippen molar-refractivity contribution < 1.29 is 17.9 Å². The molecule has 10 heteroatoms. The van der Waals surface area contributed by atoms with Gasteiger partial charge in [0.15, 0.2) is 5.75 Å². The van der Waals surface area contributed by atoms with E-state index in [4.69, 9.17) is 33.1 Å². The third-order valence-electron chi connectivity index (χ3n) is 5.32. The molecule has 0 spiro atoms. The number of amides is 1. The second kappa shape index (κ2) is 9.04. The van der Waals surface area contributed by atoms with Gasteiger partial charge in [0.1, 0.15) is 11.8 Å². The molecule has 1 saturated heterocycles. The maximum Gasteiger partial charge on any atom is 0.238 e. The smallest absolute Gasteiger partial charge is 0.238 e. The fraction of sp³-hybridized carbons (Fsp3) is 0.130. The molecule has 33 heavy (non-hydrogen) atoms. The summed E-state index contributed by atoms with van der Waals surface area (Å²) in [7, 11) is -3.83. The zero-order valence-corrected chi connectivity index (χ0v) is 19.4. The molecule has 0 aliphatic carbocycles. The van der Waals surface area contributed by atoms with Crippen LogP contribution in [-0.2, 0) is 14.8 Å². The van der Waals surface area contributed by atoms with Crippen molar-refractivity contribution in [3.05, 3.63) is 81.8 Å². The molecule has 3 aromatic carbocycles. The Labute approximate surface area is 200 Å². The molecule has 1 aliphatic heterocycles. The normalized spacial score (nSPS) is 16.0. The topological polar surface area (TPSA) is 113 Å². The Morgan fingerprint density at radius 3 is 2.48 bits per heavy atom. The van der Waals surface area contributed by atoms with Gasteiger partial charge in [-0.25, -0.2) is 13.6 Å². The van der Waals surface area contributed by atoms with Crippen LogP contribution in [-0.4, -0.2) is 20.9 Å². The first-order chi connectivity index (χ1) is 15.7. The molecule has 1 amide bonds. The minimum atomic E-state index is -3.83. The van der Waals surface area contributed by atoms with Crippen LogP contribution >= 0.6 is 23.2 Å². The van der Waals surface area contributed by atoms with Gasteiger partial charge in [0.2, 0.25) is 15.9 Å². The largest absolute Gasteiger partial charge is 0.454 e. The number of rotatable bonds is 5. The minimum Gasteiger partial charge on any atom is -0.454 e. The van der Waals surface area contributed by atoms with E-state index in [2.05, 4.69) is 6.07 Å². The summed E-state index contributed by atoms with van der Waals surface area (Å²) < 4.78 is 29.0. The highest BCUT2D eigenvalue weighted by atomic mass is 35.5. The number of para-hydroxylation sites is 1. The van der Waals surface area contributed by atoms with Crippen LogP contribution in [0.25, 0.3) is 0 Å². The number of halogens is 2. The van der Waals surface area contributed by atoms with E-state index in [0.29, 0.717) is 23.0 Å². The fourth-order valence-corrected chi connectivity index (χ4v) is 4.62. The summed E-state index contributed by atoms with van der Waals surface area (Å²) in [5.74, 6) is 0.261. The molecule has 1 aliphatic rings. The van der Waals surface area contributed by atoms with Gasteiger partial charge < -0.3 is 9.64 Å². The first kappa shape index (κ1) is 23.1. The summed E-state index contributed by atoms with van der Waals surface area (Å²) in [5.41, 5.74) is 1.57. The lowest BCUT2D eigenvalue weighted by atomic mass is 9.97. The number of primary sulfonamides is 1. The highest BCUT2D eigenvalue weighted by molar-refractivity contribution is 7.89. The number of carbonyl (C=O) groups is 1. The van der Waals surface area contributed by atoms with E-state index in [-0.39, 0.29) is 39.5 Å². The molecule has 3 aromatic rings. The van der Waals surface area contributed by atoms with Gasteiger partial charge in [0.25, 0.3) is 0 Å². The molecule has 4 rings (SSSR count). The van der Waals surface area contributed by atoms with Crippen LogP contribution in [0.15, 0.2) is 65.6 Å². The predicted octanol–water partition coefficient (Wildman–Crippen LogP) is 4.83. The van der Waals surface area contributed by atoms with Crippen molar-refractivity contribution in [1.82, 2.24) is 0 Å². The van der Waals surface area contributed by atoms with Gasteiger partial charge in [-0.15, -0.1) is 0 Å². The molecule has 168 valence electrons. The van der Waals surface area contributed by atoms with E-state index in [9.17, 15) is 18.5 Å². The van der Waals surface area contributed by atoms with Gasteiger partial charge in [-0.1, -0.05) is 35.3 Å². The van der Waals surface area contributed by atoms with Crippen molar-refractivity contribution in [1.29, 1.82) is 5.26 Å². The predicted molar refractivity (Wildman–Crippen MR) is 125 cm³/mol. The molecule has 0 saturated carbocycles. The Morgan fingerprint density at radius 2 is 1.82 bits per heavy atom. The molecule has 7 nitrogen and oxygen atoms in total. The van der Waals surface area contributed by atoms with Crippen LogP contribution in [0.5, 0.6) is 11.5 Å². The van der Waals surface area contributed by atoms with Gasteiger partial charge in [-0.05, 0) is 48.5 Å². The Bertz CT molecular complexity index is 1390. The van der Waals surface area contributed by atoms with Crippen LogP contribution in [0.1, 0.15) is 23.5 Å². The number of nitrogens with zero attached hydrogens (tertiary/aromatic N) is 2. The summed E-state index contributed by atoms with van der Waals surface area (Å²) in [6, 6.07) is 17.8. The van der Waals surface area contributed by atoms with Gasteiger partial charge in [-0.2, -0.15) is 5.26 Å². The standard InChI is InChI=1S/C23H17Cl2N3O4S/c24-16-4-9-19(21(11-16)32-23-14(12-26)2-1-3-20(23)25)15-10-22(29)28(13-15)17-5-7-18(8-6-17)33(27,30)31/h1-9,11,15H,10,13H2,(H2,27,30,31)/t15-/m0/s1. The lowest BCUT2D eigenvalue weighted by molar-refractivity contribution is -0.117. The van der Waals surface area contributed by atoms with E-state index < -0.39 is 10.0 Å². The first-order valence-electron chi connectivity index (χ1n) is 9.76. The number of nitrogens with two attached hydrogens (primary N) is 1. The molecule has 1 heterocycles. The summed E-state index contributed by atoms with van der Waals surface area (Å²) in [6.07, 6.45) is 0.211. The number of hydrogen-bond donors (Lipinski definition) is 1. The summed E-state index contributed by atoms with van der Waals surface area (Å²) in [4.78, 5) is 14.3. The van der Waals surface area contributed by atoms with Crippen molar-refractivity contribution in [3.63, 3.8) is 0 Å². The number of ether oxygens (including phenoxy) is 1. The third-order valence-corrected chi connectivity index (χ3v) is 6.78. The fourth-order valence-electron chi connectivity index (χ4n) is 3.73. The van der Waals surface area contributed by atoms with E-state index in [0.717, 1.165) is 5.56 Å². The van der Waals surface area contributed by atoms with Crippen molar-refractivity contribution >= 4 is 44.8 Å². The summed E-state index contributed by atoms with van der Waals surface area (Å²) in [5, 5.41) is 15.3. The Hall–Kier alpha value is -3.09. The van der Waals surface area contributed by atoms with Crippen LogP contribution in [0.4, 0.5) is 5.69 Å². The van der Waals surface area contributed by atoms with E-state index in [1.807, 2.05) is 0 Å². The molecule has 1 atom stereocenters. The minimum absolute atomic E-state index is 0.0316. The number of benzene rings is 3. The number of carbonyl (C=O) groups excluding carboxylic acids is 1. The highest BCUT2D eigenvalue weighted by Gasteiger charge is 2.33. The second-order valence-corrected chi connectivity index (χ2v) is 9.86.